The van der Waals surface area contributed by atoms with Crippen LogP contribution in [0.3, 0.4) is 0 Å². The Hall–Kier alpha value is -1.14. The van der Waals surface area contributed by atoms with Gasteiger partial charge in [-0.25, -0.2) is 0 Å². The second kappa shape index (κ2) is 13.5. The summed E-state index contributed by atoms with van der Waals surface area (Å²) in [6.07, 6.45) is 0.858. The lowest BCUT2D eigenvalue weighted by molar-refractivity contribution is -0.147. The molecule has 6 heteroatoms. The number of ether oxygens (including phenoxy) is 4. The van der Waals surface area contributed by atoms with Gasteiger partial charge in [0.05, 0.1) is 26.4 Å². The average Bonchev–Trinajstić information content (AvgIpc) is 2.39. The Bertz CT molecular complexity index is 271. The van der Waals surface area contributed by atoms with Gasteiger partial charge in [0, 0.05) is 12.8 Å². The molecule has 0 N–H and O–H groups in total. The zero-order valence-corrected chi connectivity index (χ0v) is 14.3. The number of hydrogen-bond donors (Lipinski definition) is 0. The van der Waals surface area contributed by atoms with E-state index in [0.29, 0.717) is 51.1 Å². The molecule has 0 radical (unpaired) electrons. The molecule has 0 saturated heterocycles. The van der Waals surface area contributed by atoms with Gasteiger partial charge in [0.1, 0.15) is 13.2 Å². The van der Waals surface area contributed by atoms with E-state index in [2.05, 4.69) is 0 Å². The van der Waals surface area contributed by atoms with Crippen LogP contribution in [0.15, 0.2) is 0 Å². The Morgan fingerprint density at radius 1 is 0.636 bits per heavy atom. The first kappa shape index (κ1) is 20.9. The molecule has 130 valence electrons. The summed E-state index contributed by atoms with van der Waals surface area (Å²) in [5.41, 5.74) is 0. The van der Waals surface area contributed by atoms with Gasteiger partial charge in [0.2, 0.25) is 0 Å². The number of esters is 2. The van der Waals surface area contributed by atoms with Gasteiger partial charge >= 0.3 is 11.9 Å². The maximum Gasteiger partial charge on any atom is 0.306 e. The van der Waals surface area contributed by atoms with Crippen molar-refractivity contribution < 1.29 is 28.5 Å². The molecule has 6 nitrogen and oxygen atoms in total. The van der Waals surface area contributed by atoms with E-state index in [1.54, 1.807) is 0 Å². The largest absolute Gasteiger partial charge is 0.463 e. The van der Waals surface area contributed by atoms with Crippen LogP contribution in [0.4, 0.5) is 0 Å². The van der Waals surface area contributed by atoms with E-state index in [-0.39, 0.29) is 25.2 Å². The third-order valence-corrected chi connectivity index (χ3v) is 2.50. The third kappa shape index (κ3) is 15.3. The molecule has 22 heavy (non-hydrogen) atoms. The van der Waals surface area contributed by atoms with Crippen LogP contribution in [-0.2, 0) is 28.5 Å². The van der Waals surface area contributed by atoms with Gasteiger partial charge in [-0.2, -0.15) is 0 Å². The first-order valence-electron chi connectivity index (χ1n) is 7.88. The zero-order chi connectivity index (χ0) is 16.8. The van der Waals surface area contributed by atoms with Crippen LogP contribution in [0.2, 0.25) is 0 Å². The van der Waals surface area contributed by atoms with Gasteiger partial charge in [-0.1, -0.05) is 27.7 Å². The Labute approximate surface area is 133 Å². The van der Waals surface area contributed by atoms with Crippen molar-refractivity contribution >= 4 is 11.9 Å². The third-order valence-electron chi connectivity index (χ3n) is 2.50. The zero-order valence-electron chi connectivity index (χ0n) is 14.3. The predicted molar refractivity (Wildman–Crippen MR) is 82.5 cm³/mol. The quantitative estimate of drug-likeness (QED) is 0.383. The van der Waals surface area contributed by atoms with Crippen molar-refractivity contribution in [1.29, 1.82) is 0 Å². The highest BCUT2D eigenvalue weighted by atomic mass is 16.6. The lowest BCUT2D eigenvalue weighted by atomic mass is 10.1. The van der Waals surface area contributed by atoms with E-state index in [9.17, 15) is 9.59 Å². The van der Waals surface area contributed by atoms with E-state index in [4.69, 9.17) is 18.9 Å². The second-order valence-electron chi connectivity index (χ2n) is 5.86. The summed E-state index contributed by atoms with van der Waals surface area (Å²) in [5.74, 6) is 0.212. The molecule has 0 aliphatic carbocycles. The smallest absolute Gasteiger partial charge is 0.306 e. The summed E-state index contributed by atoms with van der Waals surface area (Å²) in [5, 5.41) is 0. The minimum absolute atomic E-state index is 0.196. The predicted octanol–water partition coefficient (Wildman–Crippen LogP) is 2.20. The highest BCUT2D eigenvalue weighted by Gasteiger charge is 2.06. The summed E-state index contributed by atoms with van der Waals surface area (Å²) in [7, 11) is 0. The fraction of sp³-hybridized carbons (Fsp3) is 0.875. The van der Waals surface area contributed by atoms with E-state index >= 15 is 0 Å². The maximum absolute atomic E-state index is 11.2. The summed E-state index contributed by atoms with van der Waals surface area (Å²) in [6, 6.07) is 0. The fourth-order valence-corrected chi connectivity index (χ4v) is 1.54. The SMILES string of the molecule is CC(C)CC(=O)OCCOCCOCCOC(=O)CC(C)C. The first-order valence-corrected chi connectivity index (χ1v) is 7.88. The Kier molecular flexibility index (Phi) is 12.8. The van der Waals surface area contributed by atoms with E-state index in [1.165, 1.54) is 0 Å². The number of hydrogen-bond acceptors (Lipinski definition) is 6. The van der Waals surface area contributed by atoms with Gasteiger partial charge in [-0.15, -0.1) is 0 Å². The number of carbonyl (C=O) groups is 2. The number of rotatable bonds is 13. The molecule has 0 aromatic carbocycles. The Morgan fingerprint density at radius 3 is 1.27 bits per heavy atom. The molecule has 0 rings (SSSR count). The van der Waals surface area contributed by atoms with Crippen LogP contribution in [0.1, 0.15) is 40.5 Å². The van der Waals surface area contributed by atoms with E-state index < -0.39 is 0 Å². The summed E-state index contributed by atoms with van der Waals surface area (Å²) in [6.45, 7) is 9.95. The van der Waals surface area contributed by atoms with Crippen LogP contribution < -0.4 is 0 Å². The van der Waals surface area contributed by atoms with E-state index in [0.717, 1.165) is 0 Å². The Morgan fingerprint density at radius 2 is 0.955 bits per heavy atom. The standard InChI is InChI=1S/C16H30O6/c1-13(2)11-15(17)21-9-7-19-5-6-20-8-10-22-16(18)12-14(3)4/h13-14H,5-12H2,1-4H3. The fourth-order valence-electron chi connectivity index (χ4n) is 1.54. The molecular weight excluding hydrogens is 288 g/mol. The monoisotopic (exact) mass is 318 g/mol. The van der Waals surface area contributed by atoms with Gasteiger partial charge in [-0.3, -0.25) is 9.59 Å². The van der Waals surface area contributed by atoms with Gasteiger partial charge in [0.25, 0.3) is 0 Å². The summed E-state index contributed by atoms with van der Waals surface area (Å²) >= 11 is 0. The molecule has 0 atom stereocenters. The van der Waals surface area contributed by atoms with Gasteiger partial charge in [0.15, 0.2) is 0 Å². The molecule has 0 amide bonds. The second-order valence-corrected chi connectivity index (χ2v) is 5.86. The van der Waals surface area contributed by atoms with Crippen molar-refractivity contribution in [2.24, 2.45) is 11.8 Å². The molecule has 0 bridgehead atoms. The van der Waals surface area contributed by atoms with Crippen molar-refractivity contribution in [3.05, 3.63) is 0 Å². The molecule has 0 aliphatic rings. The summed E-state index contributed by atoms with van der Waals surface area (Å²) < 4.78 is 20.5. The lowest BCUT2D eigenvalue weighted by Crippen LogP contribution is -2.16. The topological polar surface area (TPSA) is 71.1 Å². The lowest BCUT2D eigenvalue weighted by Gasteiger charge is -2.09. The highest BCUT2D eigenvalue weighted by Crippen LogP contribution is 2.01. The minimum Gasteiger partial charge on any atom is -0.463 e. The molecule has 0 spiro atoms. The minimum atomic E-state index is -0.196. The molecule has 0 aliphatic heterocycles. The highest BCUT2D eigenvalue weighted by molar-refractivity contribution is 5.69. The molecule has 0 unspecified atom stereocenters. The van der Waals surface area contributed by atoms with Crippen molar-refractivity contribution in [2.45, 2.75) is 40.5 Å². The van der Waals surface area contributed by atoms with Crippen molar-refractivity contribution in [3.63, 3.8) is 0 Å². The molecular formula is C16H30O6. The molecule has 0 saturated carbocycles. The molecule has 0 fully saturated rings. The van der Waals surface area contributed by atoms with Crippen LogP contribution in [0, 0.1) is 11.8 Å². The average molecular weight is 318 g/mol. The Balaban J connectivity index is 3.24. The van der Waals surface area contributed by atoms with Crippen molar-refractivity contribution in [1.82, 2.24) is 0 Å². The maximum atomic E-state index is 11.2. The normalized spacial score (nSPS) is 11.0. The molecule has 0 aromatic rings. The molecule has 0 aromatic heterocycles. The summed E-state index contributed by atoms with van der Waals surface area (Å²) in [4.78, 5) is 22.5. The van der Waals surface area contributed by atoms with Crippen LogP contribution in [-0.4, -0.2) is 51.6 Å². The van der Waals surface area contributed by atoms with Gasteiger partial charge in [-0.05, 0) is 11.8 Å². The molecule has 0 heterocycles. The first-order chi connectivity index (χ1) is 10.4. The van der Waals surface area contributed by atoms with Gasteiger partial charge < -0.3 is 18.9 Å². The van der Waals surface area contributed by atoms with Crippen LogP contribution in [0.5, 0.6) is 0 Å². The van der Waals surface area contributed by atoms with Crippen LogP contribution in [0.25, 0.3) is 0 Å². The van der Waals surface area contributed by atoms with E-state index in [1.807, 2.05) is 27.7 Å². The van der Waals surface area contributed by atoms with Crippen molar-refractivity contribution in [2.75, 3.05) is 39.6 Å². The number of carbonyl (C=O) groups excluding carboxylic acids is 2. The van der Waals surface area contributed by atoms with Crippen molar-refractivity contribution in [3.8, 4) is 0 Å². The van der Waals surface area contributed by atoms with Crippen LogP contribution >= 0.6 is 0 Å².